The summed E-state index contributed by atoms with van der Waals surface area (Å²) in [6.07, 6.45) is 10.9. The summed E-state index contributed by atoms with van der Waals surface area (Å²) < 4.78 is 4.75. The number of para-hydroxylation sites is 2. The number of rotatable bonds is 5. The molecule has 1 atom stereocenters. The molecule has 12 rings (SSSR count). The first-order valence-electron chi connectivity index (χ1n) is 19.6. The van der Waals surface area contributed by atoms with E-state index in [0.29, 0.717) is 0 Å². The molecule has 1 unspecified atom stereocenters. The summed E-state index contributed by atoms with van der Waals surface area (Å²) in [6.45, 7) is 0.789. The summed E-state index contributed by atoms with van der Waals surface area (Å²) in [5.41, 5.74) is 17.7. The molecule has 0 saturated carbocycles. The molecule has 0 saturated heterocycles. The van der Waals surface area contributed by atoms with E-state index in [1.807, 2.05) is 30.9 Å². The zero-order valence-electron chi connectivity index (χ0n) is 31.0. The van der Waals surface area contributed by atoms with Crippen molar-refractivity contribution in [3.05, 3.63) is 205 Å². The molecular formula is C52H35N5. The summed E-state index contributed by atoms with van der Waals surface area (Å²) in [5, 5.41) is 3.71. The van der Waals surface area contributed by atoms with Gasteiger partial charge in [-0.15, -0.1) is 0 Å². The summed E-state index contributed by atoms with van der Waals surface area (Å²) in [5.74, 6) is 0. The maximum Gasteiger partial charge on any atom is 0.0963 e. The monoisotopic (exact) mass is 729 g/mol. The lowest BCUT2D eigenvalue weighted by Gasteiger charge is -2.36. The van der Waals surface area contributed by atoms with Gasteiger partial charge in [0.1, 0.15) is 0 Å². The summed E-state index contributed by atoms with van der Waals surface area (Å²) in [4.78, 5) is 13.8. The second-order valence-corrected chi connectivity index (χ2v) is 15.1. The number of hydrogen-bond acceptors (Lipinski definition) is 3. The van der Waals surface area contributed by atoms with Gasteiger partial charge in [0.05, 0.1) is 33.0 Å². The average molecular weight is 730 g/mol. The van der Waals surface area contributed by atoms with Crippen molar-refractivity contribution in [2.45, 2.75) is 11.8 Å². The number of pyridine rings is 2. The molecule has 0 amide bonds. The summed E-state index contributed by atoms with van der Waals surface area (Å²) >= 11 is 0. The van der Waals surface area contributed by atoms with Crippen LogP contribution in [0.2, 0.25) is 0 Å². The Bertz CT molecular complexity index is 3220. The van der Waals surface area contributed by atoms with Crippen molar-refractivity contribution in [3.8, 4) is 33.6 Å². The van der Waals surface area contributed by atoms with Crippen molar-refractivity contribution in [2.75, 3.05) is 6.54 Å². The van der Waals surface area contributed by atoms with E-state index < -0.39 is 5.41 Å². The maximum atomic E-state index is 4.72. The van der Waals surface area contributed by atoms with Gasteiger partial charge in [-0.05, 0) is 124 Å². The Morgan fingerprint density at radius 1 is 0.509 bits per heavy atom. The Morgan fingerprint density at radius 3 is 1.89 bits per heavy atom. The third-order valence-electron chi connectivity index (χ3n) is 12.3. The van der Waals surface area contributed by atoms with E-state index in [9.17, 15) is 0 Å². The minimum atomic E-state index is -0.436. The van der Waals surface area contributed by atoms with Crippen LogP contribution in [0.15, 0.2) is 193 Å². The number of aliphatic imine (C=N–C) groups is 1. The number of dihydropyridines is 1. The fraction of sp³-hybridized carbons (Fsp3) is 0.0577. The van der Waals surface area contributed by atoms with E-state index >= 15 is 0 Å². The lowest BCUT2D eigenvalue weighted by molar-refractivity contribution is 0.694. The van der Waals surface area contributed by atoms with Crippen molar-refractivity contribution >= 4 is 50.0 Å². The van der Waals surface area contributed by atoms with Crippen molar-refractivity contribution in [2.24, 2.45) is 4.99 Å². The molecule has 0 spiro atoms. The highest BCUT2D eigenvalue weighted by Crippen LogP contribution is 2.59. The quantitative estimate of drug-likeness (QED) is 0.177. The molecule has 1 aliphatic carbocycles. The summed E-state index contributed by atoms with van der Waals surface area (Å²) in [7, 11) is 0. The van der Waals surface area contributed by atoms with Crippen LogP contribution in [0, 0.1) is 0 Å². The van der Waals surface area contributed by atoms with Crippen molar-refractivity contribution in [1.82, 2.24) is 19.1 Å². The standard InChI is InChI=1S/C52H35N5/c1-4-11-43-40(8-1)49-44(52(43,36-25-30-53-31-26-36)37-27-32-54-33-28-37)23-24-47-50(49)41-9-2-5-12-45(41)56(47)38-19-15-34(16-20-38)35-17-21-39(22-18-35)57-46-13-6-3-10-42(46)51-48(57)14-7-29-55-51/h1-27,29-32H,28,33H2. The van der Waals surface area contributed by atoms with Crippen LogP contribution >= 0.6 is 0 Å². The van der Waals surface area contributed by atoms with E-state index in [1.54, 1.807) is 0 Å². The van der Waals surface area contributed by atoms with Crippen LogP contribution in [0.4, 0.5) is 0 Å². The zero-order valence-corrected chi connectivity index (χ0v) is 31.0. The van der Waals surface area contributed by atoms with E-state index in [4.69, 9.17) is 4.98 Å². The third-order valence-corrected chi connectivity index (χ3v) is 12.3. The van der Waals surface area contributed by atoms with Gasteiger partial charge in [0.25, 0.3) is 0 Å². The first-order valence-corrected chi connectivity index (χ1v) is 19.6. The molecule has 1 aliphatic heterocycles. The molecule has 2 aliphatic rings. The minimum Gasteiger partial charge on any atom is -0.309 e. The van der Waals surface area contributed by atoms with Gasteiger partial charge < -0.3 is 9.13 Å². The van der Waals surface area contributed by atoms with Gasteiger partial charge in [-0.1, -0.05) is 91.0 Å². The predicted molar refractivity (Wildman–Crippen MR) is 234 cm³/mol. The fourth-order valence-corrected chi connectivity index (χ4v) is 10.0. The zero-order chi connectivity index (χ0) is 37.5. The normalized spacial score (nSPS) is 16.0. The summed E-state index contributed by atoms with van der Waals surface area (Å²) in [6, 6.07) is 57.6. The molecular weight excluding hydrogens is 695 g/mol. The first-order chi connectivity index (χ1) is 28.3. The van der Waals surface area contributed by atoms with Crippen LogP contribution in [-0.4, -0.2) is 31.9 Å². The molecule has 0 N–H and O–H groups in total. The number of aromatic nitrogens is 4. The number of benzene rings is 6. The number of hydrogen-bond donors (Lipinski definition) is 0. The minimum absolute atomic E-state index is 0.436. The molecule has 0 bridgehead atoms. The van der Waals surface area contributed by atoms with Crippen LogP contribution in [-0.2, 0) is 5.41 Å². The highest BCUT2D eigenvalue weighted by atomic mass is 15.0. The third kappa shape index (κ3) is 4.48. The molecule has 268 valence electrons. The Morgan fingerprint density at radius 2 is 1.16 bits per heavy atom. The van der Waals surface area contributed by atoms with Crippen molar-refractivity contribution in [1.29, 1.82) is 0 Å². The molecule has 5 nitrogen and oxygen atoms in total. The smallest absolute Gasteiger partial charge is 0.0963 e. The van der Waals surface area contributed by atoms with Crippen LogP contribution in [0.3, 0.4) is 0 Å². The van der Waals surface area contributed by atoms with E-state index in [-0.39, 0.29) is 0 Å². The SMILES string of the molecule is C1=NCCC(C2(c3ccncc3)c3ccccc3-c3c2ccc2c3c3ccccc3n2-c2ccc(-c3ccc(-n4c5ccccc5c5ncccc54)cc3)cc2)=C1. The van der Waals surface area contributed by atoms with Gasteiger partial charge in [0.15, 0.2) is 0 Å². The molecule has 10 aromatic rings. The highest BCUT2D eigenvalue weighted by molar-refractivity contribution is 6.18. The van der Waals surface area contributed by atoms with Crippen molar-refractivity contribution < 1.29 is 0 Å². The predicted octanol–water partition coefficient (Wildman–Crippen LogP) is 12.1. The maximum absolute atomic E-state index is 4.72. The first kappa shape index (κ1) is 31.9. The molecule has 0 radical (unpaired) electrons. The number of nitrogens with zero attached hydrogens (tertiary/aromatic N) is 5. The molecule has 0 fully saturated rings. The molecule has 57 heavy (non-hydrogen) atoms. The number of allylic oxidation sites excluding steroid dienone is 1. The fourth-order valence-electron chi connectivity index (χ4n) is 10.0. The topological polar surface area (TPSA) is 48.0 Å². The average Bonchev–Trinajstić information content (AvgIpc) is 3.92. The van der Waals surface area contributed by atoms with Crippen LogP contribution in [0.25, 0.3) is 77.4 Å². The van der Waals surface area contributed by atoms with E-state index in [2.05, 4.69) is 177 Å². The Hall–Kier alpha value is -7.37. The van der Waals surface area contributed by atoms with Gasteiger partial charge in [0.2, 0.25) is 0 Å². The van der Waals surface area contributed by atoms with Crippen molar-refractivity contribution in [3.63, 3.8) is 0 Å². The second-order valence-electron chi connectivity index (χ2n) is 15.1. The lowest BCUT2D eigenvalue weighted by atomic mass is 9.66. The molecule has 5 heteroatoms. The lowest BCUT2D eigenvalue weighted by Crippen LogP contribution is -2.31. The molecule has 6 aromatic carbocycles. The Balaban J connectivity index is 1.00. The van der Waals surface area contributed by atoms with Gasteiger partial charge in [-0.25, -0.2) is 0 Å². The van der Waals surface area contributed by atoms with Gasteiger partial charge in [-0.3, -0.25) is 15.0 Å². The van der Waals surface area contributed by atoms with Gasteiger partial charge in [0, 0.05) is 58.9 Å². The van der Waals surface area contributed by atoms with Gasteiger partial charge in [-0.2, -0.15) is 0 Å². The molecule has 4 aromatic heterocycles. The molecule has 5 heterocycles. The van der Waals surface area contributed by atoms with Crippen LogP contribution in [0.5, 0.6) is 0 Å². The highest BCUT2D eigenvalue weighted by Gasteiger charge is 2.48. The Labute approximate surface area is 329 Å². The van der Waals surface area contributed by atoms with E-state index in [0.717, 1.165) is 46.3 Å². The second kappa shape index (κ2) is 12.3. The van der Waals surface area contributed by atoms with Crippen LogP contribution in [0.1, 0.15) is 23.1 Å². The van der Waals surface area contributed by atoms with Gasteiger partial charge >= 0.3 is 0 Å². The van der Waals surface area contributed by atoms with E-state index in [1.165, 1.54) is 66.3 Å². The Kier molecular flexibility index (Phi) is 6.90. The largest absolute Gasteiger partial charge is 0.309 e. The number of fused-ring (bicyclic) bond motifs is 10. The van der Waals surface area contributed by atoms with Crippen LogP contribution < -0.4 is 0 Å².